The highest BCUT2D eigenvalue weighted by molar-refractivity contribution is 9.10. The molecule has 2 nitrogen and oxygen atoms in total. The Bertz CT molecular complexity index is 798. The molecule has 2 bridgehead atoms. The van der Waals surface area contributed by atoms with Crippen molar-refractivity contribution in [1.29, 1.82) is 0 Å². The molecular formula is C23H26BrNO. The number of hydrogen-bond donors (Lipinski definition) is 1. The third-order valence-corrected chi connectivity index (χ3v) is 7.47. The first kappa shape index (κ1) is 16.8. The van der Waals surface area contributed by atoms with Crippen LogP contribution in [0.5, 0.6) is 5.75 Å². The third-order valence-electron chi connectivity index (χ3n) is 6.94. The molecular weight excluding hydrogens is 386 g/mol. The number of nitrogens with one attached hydrogen (secondary N) is 1. The number of piperidine rings is 1. The summed E-state index contributed by atoms with van der Waals surface area (Å²) in [6.07, 6.45) is 8.01. The van der Waals surface area contributed by atoms with Gasteiger partial charge in [0.05, 0.1) is 0 Å². The van der Waals surface area contributed by atoms with Gasteiger partial charge in [0, 0.05) is 15.9 Å². The SMILES string of the molecule is Brc1ccc(COc2ccc3c(c2)[C@@]24CCCC[C@H]2[C@@H](C3)NCC4)cc1. The summed E-state index contributed by atoms with van der Waals surface area (Å²) >= 11 is 3.49. The minimum atomic E-state index is 0.402. The zero-order valence-electron chi connectivity index (χ0n) is 15.1. The van der Waals surface area contributed by atoms with Crippen molar-refractivity contribution in [2.24, 2.45) is 5.92 Å². The lowest BCUT2D eigenvalue weighted by Crippen LogP contribution is -2.59. The summed E-state index contributed by atoms with van der Waals surface area (Å²) in [6.45, 7) is 1.80. The van der Waals surface area contributed by atoms with Gasteiger partial charge in [-0.1, -0.05) is 47.0 Å². The maximum atomic E-state index is 6.18. The number of halogens is 1. The lowest BCUT2D eigenvalue weighted by Gasteiger charge is -2.56. The molecule has 2 fully saturated rings. The molecule has 3 heteroatoms. The Labute approximate surface area is 164 Å². The number of benzene rings is 2. The molecule has 26 heavy (non-hydrogen) atoms. The van der Waals surface area contributed by atoms with Crippen molar-refractivity contribution in [3.63, 3.8) is 0 Å². The fraction of sp³-hybridized carbons (Fsp3) is 0.478. The van der Waals surface area contributed by atoms with Crippen LogP contribution in [0.3, 0.4) is 0 Å². The molecule has 2 aromatic rings. The van der Waals surface area contributed by atoms with Gasteiger partial charge in [-0.3, -0.25) is 0 Å². The van der Waals surface area contributed by atoms with Crippen LogP contribution >= 0.6 is 15.9 Å². The summed E-state index contributed by atoms with van der Waals surface area (Å²) in [5.41, 5.74) is 4.77. The van der Waals surface area contributed by atoms with Crippen molar-refractivity contribution >= 4 is 15.9 Å². The molecule has 1 heterocycles. The third kappa shape index (κ3) is 2.80. The second kappa shape index (κ2) is 6.69. The smallest absolute Gasteiger partial charge is 0.120 e. The van der Waals surface area contributed by atoms with Crippen molar-refractivity contribution in [2.75, 3.05) is 6.54 Å². The number of ether oxygens (including phenoxy) is 1. The van der Waals surface area contributed by atoms with Gasteiger partial charge < -0.3 is 10.1 Å². The molecule has 1 N–H and O–H groups in total. The van der Waals surface area contributed by atoms with Gasteiger partial charge in [-0.05, 0) is 79.1 Å². The van der Waals surface area contributed by atoms with E-state index in [9.17, 15) is 0 Å². The predicted octanol–water partition coefficient (Wildman–Crippen LogP) is 5.37. The molecule has 0 spiro atoms. The second-order valence-electron chi connectivity index (χ2n) is 8.26. The van der Waals surface area contributed by atoms with Crippen LogP contribution in [0.2, 0.25) is 0 Å². The van der Waals surface area contributed by atoms with Crippen molar-refractivity contribution in [3.8, 4) is 5.75 Å². The van der Waals surface area contributed by atoms with E-state index in [-0.39, 0.29) is 0 Å². The van der Waals surface area contributed by atoms with Crippen LogP contribution in [-0.2, 0) is 18.4 Å². The highest BCUT2D eigenvalue weighted by atomic mass is 79.9. The monoisotopic (exact) mass is 411 g/mol. The van der Waals surface area contributed by atoms with Gasteiger partial charge in [0.2, 0.25) is 0 Å². The summed E-state index contributed by atoms with van der Waals surface area (Å²) in [5.74, 6) is 1.85. The van der Waals surface area contributed by atoms with Crippen LogP contribution in [0.15, 0.2) is 46.9 Å². The fourth-order valence-electron chi connectivity index (χ4n) is 5.74. The van der Waals surface area contributed by atoms with Crippen LogP contribution in [0.25, 0.3) is 0 Å². The molecule has 2 aromatic carbocycles. The first-order valence-electron chi connectivity index (χ1n) is 9.99. The average molecular weight is 412 g/mol. The van der Waals surface area contributed by atoms with Crippen molar-refractivity contribution < 1.29 is 4.74 Å². The van der Waals surface area contributed by atoms with E-state index in [1.165, 1.54) is 50.6 Å². The Morgan fingerprint density at radius 3 is 2.85 bits per heavy atom. The summed E-state index contributed by atoms with van der Waals surface area (Å²) in [5, 5.41) is 3.82. The van der Waals surface area contributed by atoms with Gasteiger partial charge in [-0.15, -0.1) is 0 Å². The Morgan fingerprint density at radius 2 is 1.96 bits per heavy atom. The first-order chi connectivity index (χ1) is 12.7. The molecule has 1 saturated heterocycles. The highest BCUT2D eigenvalue weighted by Gasteiger charge is 2.51. The molecule has 5 rings (SSSR count). The predicted molar refractivity (Wildman–Crippen MR) is 109 cm³/mol. The number of hydrogen-bond acceptors (Lipinski definition) is 2. The van der Waals surface area contributed by atoms with Gasteiger partial charge in [0.15, 0.2) is 0 Å². The topological polar surface area (TPSA) is 21.3 Å². The molecule has 0 unspecified atom stereocenters. The Kier molecular flexibility index (Phi) is 4.33. The molecule has 0 aromatic heterocycles. The fourth-order valence-corrected chi connectivity index (χ4v) is 6.00. The Morgan fingerprint density at radius 1 is 1.08 bits per heavy atom. The van der Waals surface area contributed by atoms with Crippen LogP contribution < -0.4 is 10.1 Å². The van der Waals surface area contributed by atoms with Gasteiger partial charge in [0.25, 0.3) is 0 Å². The molecule has 1 saturated carbocycles. The minimum absolute atomic E-state index is 0.402. The van der Waals surface area contributed by atoms with E-state index in [1.54, 1.807) is 11.1 Å². The summed E-state index contributed by atoms with van der Waals surface area (Å²) in [7, 11) is 0. The Balaban J connectivity index is 1.44. The lowest BCUT2D eigenvalue weighted by molar-refractivity contribution is 0.0794. The van der Waals surface area contributed by atoms with Gasteiger partial charge >= 0.3 is 0 Å². The van der Waals surface area contributed by atoms with Crippen LogP contribution in [0, 0.1) is 5.92 Å². The van der Waals surface area contributed by atoms with Crippen molar-refractivity contribution in [1.82, 2.24) is 5.32 Å². The summed E-state index contributed by atoms with van der Waals surface area (Å²) < 4.78 is 7.29. The van der Waals surface area contributed by atoms with E-state index in [2.05, 4.69) is 63.7 Å². The normalized spacial score (nSPS) is 29.6. The molecule has 1 aliphatic heterocycles. The minimum Gasteiger partial charge on any atom is -0.489 e. The Hall–Kier alpha value is -1.32. The molecule has 3 aliphatic rings. The number of fused-ring (bicyclic) bond motifs is 1. The molecule has 0 amide bonds. The number of rotatable bonds is 3. The average Bonchev–Trinajstić information content (AvgIpc) is 2.68. The standard InChI is InChI=1S/C23H26BrNO/c24-18-7-4-16(5-8-18)15-26-19-9-6-17-13-22-20-3-1-2-10-23(20,11-12-25-22)21(17)14-19/h4-9,14,20,22,25H,1-3,10-13,15H2/t20-,22+,23+/m0/s1. The molecule has 136 valence electrons. The van der Waals surface area contributed by atoms with E-state index >= 15 is 0 Å². The van der Waals surface area contributed by atoms with Gasteiger partial charge in [0.1, 0.15) is 12.4 Å². The van der Waals surface area contributed by atoms with E-state index in [0.29, 0.717) is 18.1 Å². The zero-order chi connectivity index (χ0) is 17.6. The van der Waals surface area contributed by atoms with Crippen LogP contribution in [0.1, 0.15) is 48.8 Å². The molecule has 3 atom stereocenters. The van der Waals surface area contributed by atoms with E-state index in [1.807, 2.05) is 0 Å². The summed E-state index contributed by atoms with van der Waals surface area (Å²) in [6, 6.07) is 16.0. The maximum absolute atomic E-state index is 6.18. The highest BCUT2D eigenvalue weighted by Crippen LogP contribution is 2.54. The largest absolute Gasteiger partial charge is 0.489 e. The molecule has 0 radical (unpaired) electrons. The van der Waals surface area contributed by atoms with Crippen molar-refractivity contribution in [3.05, 3.63) is 63.6 Å². The van der Waals surface area contributed by atoms with Gasteiger partial charge in [-0.2, -0.15) is 0 Å². The van der Waals surface area contributed by atoms with E-state index in [0.717, 1.165) is 16.1 Å². The maximum Gasteiger partial charge on any atom is 0.120 e. The van der Waals surface area contributed by atoms with Crippen molar-refractivity contribution in [2.45, 2.75) is 56.6 Å². The van der Waals surface area contributed by atoms with E-state index in [4.69, 9.17) is 4.74 Å². The quantitative estimate of drug-likeness (QED) is 0.732. The first-order valence-corrected chi connectivity index (χ1v) is 10.8. The van der Waals surface area contributed by atoms with Crippen LogP contribution in [-0.4, -0.2) is 12.6 Å². The van der Waals surface area contributed by atoms with Gasteiger partial charge in [-0.25, -0.2) is 0 Å². The van der Waals surface area contributed by atoms with Crippen LogP contribution in [0.4, 0.5) is 0 Å². The molecule has 2 aliphatic carbocycles. The zero-order valence-corrected chi connectivity index (χ0v) is 16.7. The lowest BCUT2D eigenvalue weighted by atomic mass is 9.53. The summed E-state index contributed by atoms with van der Waals surface area (Å²) in [4.78, 5) is 0. The second-order valence-corrected chi connectivity index (χ2v) is 9.17. The van der Waals surface area contributed by atoms with E-state index < -0.39 is 0 Å².